The molecule has 4 aliphatic heterocycles. The summed E-state index contributed by atoms with van der Waals surface area (Å²) >= 11 is 2.82. The second kappa shape index (κ2) is 11.1. The fourth-order valence-electron chi connectivity index (χ4n) is 4.85. The third-order valence-corrected chi connectivity index (χ3v) is 9.29. The van der Waals surface area contributed by atoms with E-state index < -0.39 is 24.1 Å². The van der Waals surface area contributed by atoms with Crippen molar-refractivity contribution in [2.24, 2.45) is 10.7 Å². The molecule has 1 saturated heterocycles. The molecule has 1 amide bonds. The Kier molecular flexibility index (Phi) is 7.34. The second-order valence-electron chi connectivity index (χ2n) is 9.60. The van der Waals surface area contributed by atoms with Crippen LogP contribution in [0, 0.1) is 0 Å². The highest BCUT2D eigenvalue weighted by Crippen LogP contribution is 2.42. The number of carboxylic acids is 1. The predicted octanol–water partition coefficient (Wildman–Crippen LogP) is 2.40. The van der Waals surface area contributed by atoms with Crippen molar-refractivity contribution in [3.63, 3.8) is 0 Å². The largest absolute Gasteiger partial charge is 0.477 e. The Morgan fingerprint density at radius 1 is 1.17 bits per heavy atom. The van der Waals surface area contributed by atoms with Crippen LogP contribution >= 0.6 is 23.5 Å². The Labute approximate surface area is 244 Å². The topological polar surface area (TPSA) is 141 Å². The van der Waals surface area contributed by atoms with Gasteiger partial charge in [0, 0.05) is 24.6 Å². The summed E-state index contributed by atoms with van der Waals surface area (Å²) in [5.41, 5.74) is 11.5. The first-order valence-corrected chi connectivity index (χ1v) is 14.8. The number of nitrogens with zero attached hydrogens (tertiary/aromatic N) is 4. The van der Waals surface area contributed by atoms with Crippen LogP contribution in [0.5, 0.6) is 0 Å². The number of rotatable bonds is 8. The van der Waals surface area contributed by atoms with Crippen molar-refractivity contribution in [2.75, 3.05) is 18.6 Å². The normalized spacial score (nSPS) is 21.6. The smallest absolute Gasteiger partial charge is 0.356 e. The first kappa shape index (κ1) is 27.1. The summed E-state index contributed by atoms with van der Waals surface area (Å²) in [6, 6.07) is 18.2. The van der Waals surface area contributed by atoms with Crippen molar-refractivity contribution in [1.82, 2.24) is 20.5 Å². The highest BCUT2D eigenvalue weighted by Gasteiger charge is 2.52. The zero-order valence-electron chi connectivity index (χ0n) is 21.8. The van der Waals surface area contributed by atoms with Crippen molar-refractivity contribution < 1.29 is 24.2 Å². The molecule has 2 atom stereocenters. The van der Waals surface area contributed by atoms with E-state index in [1.165, 1.54) is 34.5 Å². The summed E-state index contributed by atoms with van der Waals surface area (Å²) < 4.78 is 6.15. The summed E-state index contributed by atoms with van der Waals surface area (Å²) in [6.07, 6.45) is 2.46. The average molecular weight is 591 g/mol. The van der Waals surface area contributed by atoms with Gasteiger partial charge in [0.15, 0.2) is 17.6 Å². The molecule has 0 spiro atoms. The van der Waals surface area contributed by atoms with E-state index in [1.807, 2.05) is 60.7 Å². The number of aliphatic carboxylic acids is 1. The summed E-state index contributed by atoms with van der Waals surface area (Å²) in [6.45, 7) is 0. The minimum atomic E-state index is -1.15. The molecule has 4 N–H and O–H groups in total. The van der Waals surface area contributed by atoms with Gasteiger partial charge in [-0.15, -0.1) is 29.1 Å². The van der Waals surface area contributed by atoms with Gasteiger partial charge in [-0.25, -0.2) is 19.6 Å². The molecule has 2 aromatic rings. The van der Waals surface area contributed by atoms with Gasteiger partial charge in [-0.05, 0) is 16.7 Å². The monoisotopic (exact) mass is 590 g/mol. The molecule has 210 valence electrons. The van der Waals surface area contributed by atoms with Crippen LogP contribution in [0.2, 0.25) is 0 Å². The van der Waals surface area contributed by atoms with E-state index in [4.69, 9.17) is 10.5 Å². The Morgan fingerprint density at radius 2 is 1.83 bits per heavy atom. The third kappa shape index (κ3) is 5.12. The molecule has 0 aliphatic carbocycles. The standard InChI is InChI=1S/C28H26N6O5S2/c1-32-13-20-30-19(27(36)37)12-21(34(20)31-32)40-14-18-15-41-26-22(29)25(35)33(26)23(18)28(38)39-24(16-8-4-2-5-9-16)17-10-6-3-7-11-17/h2-13,22,24,26,31H,14-15,29H2,1H3,(H,36,37)/t22?,26-/m1/s1. The van der Waals surface area contributed by atoms with E-state index in [0.717, 1.165) is 11.1 Å². The summed E-state index contributed by atoms with van der Waals surface area (Å²) in [5, 5.41) is 13.1. The van der Waals surface area contributed by atoms with E-state index in [0.29, 0.717) is 27.9 Å². The number of carbonyl (C=O) groups excluding carboxylic acids is 2. The van der Waals surface area contributed by atoms with Gasteiger partial charge < -0.3 is 15.6 Å². The highest BCUT2D eigenvalue weighted by molar-refractivity contribution is 8.03. The number of amides is 1. The lowest BCUT2D eigenvalue weighted by molar-refractivity contribution is -0.153. The molecule has 1 unspecified atom stereocenters. The van der Waals surface area contributed by atoms with Gasteiger partial charge in [0.05, 0.1) is 11.2 Å². The van der Waals surface area contributed by atoms with Crippen LogP contribution in [-0.2, 0) is 19.1 Å². The predicted molar refractivity (Wildman–Crippen MR) is 155 cm³/mol. The number of nitrogens with one attached hydrogen (secondary N) is 1. The van der Waals surface area contributed by atoms with Crippen molar-refractivity contribution in [3.8, 4) is 0 Å². The minimum Gasteiger partial charge on any atom is -0.477 e. The fraction of sp³-hybridized carbons (Fsp3) is 0.214. The molecule has 1 fully saturated rings. The van der Waals surface area contributed by atoms with Gasteiger partial charge in [-0.1, -0.05) is 60.7 Å². The number of hydrogen-bond donors (Lipinski definition) is 3. The quantitative estimate of drug-likeness (QED) is 0.308. The van der Waals surface area contributed by atoms with Crippen LogP contribution < -0.4 is 11.3 Å². The van der Waals surface area contributed by atoms with Gasteiger partial charge in [-0.2, -0.15) is 0 Å². The first-order valence-electron chi connectivity index (χ1n) is 12.7. The number of β-lactam (4-membered cyclic amide) rings is 1. The van der Waals surface area contributed by atoms with Gasteiger partial charge in [0.1, 0.15) is 17.1 Å². The number of carbonyl (C=O) groups is 3. The number of fused-ring (bicyclic) bond motifs is 2. The van der Waals surface area contributed by atoms with E-state index >= 15 is 0 Å². The van der Waals surface area contributed by atoms with E-state index in [2.05, 4.69) is 10.5 Å². The Balaban J connectivity index is 1.32. The van der Waals surface area contributed by atoms with Crippen LogP contribution in [0.3, 0.4) is 0 Å². The van der Waals surface area contributed by atoms with Gasteiger partial charge in [-0.3, -0.25) is 14.7 Å². The molecular formula is C28H26N6O5S2. The molecule has 41 heavy (non-hydrogen) atoms. The molecule has 4 aliphatic rings. The molecular weight excluding hydrogens is 564 g/mol. The molecule has 0 radical (unpaired) electrons. The molecule has 13 heteroatoms. The summed E-state index contributed by atoms with van der Waals surface area (Å²) in [7, 11) is 1.77. The Hall–Kier alpha value is -4.04. The maximum atomic E-state index is 13.9. The number of aliphatic imine (C=N–C) groups is 1. The lowest BCUT2D eigenvalue weighted by Crippen LogP contribution is -2.68. The number of benzene rings is 2. The Bertz CT molecular complexity index is 1490. The minimum absolute atomic E-state index is 0.101. The van der Waals surface area contributed by atoms with Gasteiger partial charge in [0.2, 0.25) is 5.91 Å². The molecule has 4 heterocycles. The third-order valence-electron chi connectivity index (χ3n) is 6.84. The van der Waals surface area contributed by atoms with Crippen molar-refractivity contribution in [3.05, 3.63) is 106 Å². The number of thioether (sulfide) groups is 2. The van der Waals surface area contributed by atoms with E-state index in [-0.39, 0.29) is 22.7 Å². The SMILES string of the molecule is CN1C=C2N=C(C(=O)O)C=C(SCC3=C(C(=O)OC(c4ccccc4)c4ccccc4)N4C(=O)C(N)[C@H]4SC3)N2N1. The van der Waals surface area contributed by atoms with Crippen LogP contribution in [0.15, 0.2) is 100 Å². The molecule has 0 bridgehead atoms. The van der Waals surface area contributed by atoms with E-state index in [9.17, 15) is 19.5 Å². The molecule has 11 nitrogen and oxygen atoms in total. The zero-order valence-corrected chi connectivity index (χ0v) is 23.5. The van der Waals surface area contributed by atoms with Crippen LogP contribution in [0.25, 0.3) is 0 Å². The maximum absolute atomic E-state index is 13.9. The lowest BCUT2D eigenvalue weighted by Gasteiger charge is -2.48. The molecule has 6 rings (SSSR count). The van der Waals surface area contributed by atoms with E-state index in [1.54, 1.807) is 23.3 Å². The number of hydrogen-bond acceptors (Lipinski definition) is 11. The van der Waals surface area contributed by atoms with Gasteiger partial charge >= 0.3 is 11.9 Å². The fourth-order valence-corrected chi connectivity index (χ4v) is 7.29. The van der Waals surface area contributed by atoms with Crippen LogP contribution in [0.1, 0.15) is 17.2 Å². The Morgan fingerprint density at radius 3 is 2.46 bits per heavy atom. The molecule has 0 aromatic heterocycles. The lowest BCUT2D eigenvalue weighted by atomic mass is 10.0. The number of ether oxygens (including phenoxy) is 1. The number of carboxylic acid groups (broad SMARTS) is 1. The number of esters is 1. The highest BCUT2D eigenvalue weighted by atomic mass is 32.2. The van der Waals surface area contributed by atoms with Crippen molar-refractivity contribution in [2.45, 2.75) is 17.5 Å². The molecule has 0 saturated carbocycles. The average Bonchev–Trinajstić information content (AvgIpc) is 3.38. The van der Waals surface area contributed by atoms with Gasteiger partial charge in [0.25, 0.3) is 0 Å². The van der Waals surface area contributed by atoms with Crippen LogP contribution in [0.4, 0.5) is 0 Å². The number of nitrogens with two attached hydrogens (primary N) is 1. The first-order chi connectivity index (χ1) is 19.8. The molecule has 2 aromatic carbocycles. The summed E-state index contributed by atoms with van der Waals surface area (Å²) in [5.74, 6) is -0.903. The maximum Gasteiger partial charge on any atom is 0.356 e. The van der Waals surface area contributed by atoms with Crippen LogP contribution in [-0.4, -0.2) is 73.6 Å². The zero-order chi connectivity index (χ0) is 28.7. The summed E-state index contributed by atoms with van der Waals surface area (Å²) in [4.78, 5) is 44.2. The second-order valence-corrected chi connectivity index (χ2v) is 11.7. The van der Waals surface area contributed by atoms with Crippen molar-refractivity contribution >= 4 is 47.1 Å². The number of hydrazine groups is 2. The van der Waals surface area contributed by atoms with Crippen molar-refractivity contribution in [1.29, 1.82) is 0 Å².